The van der Waals surface area contributed by atoms with Crippen molar-refractivity contribution in [3.05, 3.63) is 0 Å². The van der Waals surface area contributed by atoms with Gasteiger partial charge in [0.2, 0.25) is 0 Å². The second-order valence-corrected chi connectivity index (χ2v) is 5.64. The quantitative estimate of drug-likeness (QED) is 0.850. The molecule has 0 spiro atoms. The molecule has 0 saturated carbocycles. The van der Waals surface area contributed by atoms with Crippen LogP contribution < -0.4 is 5.32 Å². The first-order chi connectivity index (χ1) is 8.26. The Hall–Kier alpha value is -0.910. The van der Waals surface area contributed by atoms with Crippen LogP contribution in [-0.2, 0) is 4.74 Å². The highest BCUT2D eigenvalue weighted by molar-refractivity contribution is 5.68. The monoisotopic (exact) mass is 264 g/mol. The van der Waals surface area contributed by atoms with Crippen LogP contribution in [0.4, 0.5) is 13.6 Å². The molecule has 1 aliphatic heterocycles. The Morgan fingerprint density at radius 2 is 2.17 bits per heavy atom. The Morgan fingerprint density at radius 1 is 1.50 bits per heavy atom. The van der Waals surface area contributed by atoms with Crippen LogP contribution in [0.1, 0.15) is 33.6 Å². The van der Waals surface area contributed by atoms with Crippen molar-refractivity contribution in [2.24, 2.45) is 0 Å². The van der Waals surface area contributed by atoms with Gasteiger partial charge in [-0.15, -0.1) is 0 Å². The molecule has 0 radical (unpaired) electrons. The number of hydrogen-bond acceptors (Lipinski definition) is 3. The first-order valence-corrected chi connectivity index (χ1v) is 6.26. The smallest absolute Gasteiger partial charge is 0.407 e. The van der Waals surface area contributed by atoms with Gasteiger partial charge in [0, 0.05) is 12.6 Å². The highest BCUT2D eigenvalue weighted by Gasteiger charge is 2.25. The molecule has 1 fully saturated rings. The lowest BCUT2D eigenvalue weighted by Gasteiger charge is -2.33. The summed E-state index contributed by atoms with van der Waals surface area (Å²) in [6.45, 7) is 6.26. The van der Waals surface area contributed by atoms with Gasteiger partial charge in [-0.25, -0.2) is 13.6 Å². The predicted molar refractivity (Wildman–Crippen MR) is 64.8 cm³/mol. The lowest BCUT2D eigenvalue weighted by molar-refractivity contribution is 0.0426. The van der Waals surface area contributed by atoms with E-state index in [4.69, 9.17) is 4.74 Å². The number of hydrogen-bond donors (Lipinski definition) is 1. The third kappa shape index (κ3) is 6.14. The predicted octanol–water partition coefficient (Wildman–Crippen LogP) is 2.24. The summed E-state index contributed by atoms with van der Waals surface area (Å²) in [5.41, 5.74) is -0.540. The third-order valence-electron chi connectivity index (χ3n) is 2.62. The Labute approximate surface area is 107 Å². The number of halogens is 2. The van der Waals surface area contributed by atoms with Crippen LogP contribution in [0.5, 0.6) is 0 Å². The molecule has 4 nitrogen and oxygen atoms in total. The molecule has 0 aromatic heterocycles. The van der Waals surface area contributed by atoms with Gasteiger partial charge in [-0.2, -0.15) is 0 Å². The van der Waals surface area contributed by atoms with Crippen LogP contribution in [0.3, 0.4) is 0 Å². The highest BCUT2D eigenvalue weighted by atomic mass is 19.3. The van der Waals surface area contributed by atoms with Crippen LogP contribution in [0.15, 0.2) is 0 Å². The number of rotatable bonds is 3. The van der Waals surface area contributed by atoms with Crippen molar-refractivity contribution < 1.29 is 18.3 Å². The number of carbonyl (C=O) groups excluding carboxylic acids is 1. The number of piperidine rings is 1. The van der Waals surface area contributed by atoms with E-state index in [1.165, 1.54) is 0 Å². The number of amides is 1. The van der Waals surface area contributed by atoms with Crippen LogP contribution in [-0.4, -0.2) is 48.7 Å². The van der Waals surface area contributed by atoms with E-state index >= 15 is 0 Å². The number of likely N-dealkylation sites (tertiary alicyclic amines) is 1. The second kappa shape index (κ2) is 6.31. The van der Waals surface area contributed by atoms with Gasteiger partial charge in [0.1, 0.15) is 5.60 Å². The van der Waals surface area contributed by atoms with E-state index in [1.54, 1.807) is 25.7 Å². The largest absolute Gasteiger partial charge is 0.444 e. The van der Waals surface area contributed by atoms with Crippen LogP contribution in [0.25, 0.3) is 0 Å². The molecule has 1 amide bonds. The molecule has 1 rings (SSSR count). The van der Waals surface area contributed by atoms with Crippen molar-refractivity contribution in [1.82, 2.24) is 10.2 Å². The van der Waals surface area contributed by atoms with E-state index in [-0.39, 0.29) is 12.6 Å². The van der Waals surface area contributed by atoms with E-state index in [0.29, 0.717) is 13.1 Å². The van der Waals surface area contributed by atoms with Gasteiger partial charge in [0.25, 0.3) is 6.43 Å². The highest BCUT2D eigenvalue weighted by Crippen LogP contribution is 2.13. The molecular formula is C12H22F2N2O2. The standard InChI is InChI=1S/C12H22F2N2O2/c1-12(2,3)18-11(17)15-9-5-4-6-16(7-9)8-10(13)14/h9-10H,4-8H2,1-3H3,(H,15,17). The van der Waals surface area contributed by atoms with Gasteiger partial charge in [0.05, 0.1) is 6.54 Å². The van der Waals surface area contributed by atoms with E-state index in [1.807, 2.05) is 0 Å². The number of ether oxygens (including phenoxy) is 1. The lowest BCUT2D eigenvalue weighted by atomic mass is 10.1. The van der Waals surface area contributed by atoms with Crippen LogP contribution in [0.2, 0.25) is 0 Å². The maximum atomic E-state index is 12.3. The molecule has 1 saturated heterocycles. The molecule has 0 bridgehead atoms. The number of alkyl halides is 2. The molecular weight excluding hydrogens is 242 g/mol. The summed E-state index contributed by atoms with van der Waals surface area (Å²) >= 11 is 0. The molecule has 1 heterocycles. The molecule has 6 heteroatoms. The van der Waals surface area contributed by atoms with Crippen LogP contribution >= 0.6 is 0 Å². The molecule has 0 aromatic rings. The third-order valence-corrected chi connectivity index (χ3v) is 2.62. The van der Waals surface area contributed by atoms with E-state index < -0.39 is 18.1 Å². The molecule has 1 atom stereocenters. The molecule has 0 aromatic carbocycles. The molecule has 1 N–H and O–H groups in total. The molecule has 106 valence electrons. The topological polar surface area (TPSA) is 41.6 Å². The lowest BCUT2D eigenvalue weighted by Crippen LogP contribution is -2.49. The minimum absolute atomic E-state index is 0.104. The van der Waals surface area contributed by atoms with Gasteiger partial charge in [-0.3, -0.25) is 4.90 Å². The van der Waals surface area contributed by atoms with Gasteiger partial charge in [0.15, 0.2) is 0 Å². The molecule has 1 aliphatic rings. The summed E-state index contributed by atoms with van der Waals surface area (Å²) in [4.78, 5) is 13.2. The van der Waals surface area contributed by atoms with Gasteiger partial charge in [-0.05, 0) is 40.2 Å². The number of carbonyl (C=O) groups is 1. The van der Waals surface area contributed by atoms with Crippen molar-refractivity contribution in [2.75, 3.05) is 19.6 Å². The van der Waals surface area contributed by atoms with Gasteiger partial charge < -0.3 is 10.1 Å². The zero-order valence-corrected chi connectivity index (χ0v) is 11.2. The zero-order valence-electron chi connectivity index (χ0n) is 11.2. The maximum absolute atomic E-state index is 12.3. The van der Waals surface area contributed by atoms with Crippen molar-refractivity contribution in [1.29, 1.82) is 0 Å². The second-order valence-electron chi connectivity index (χ2n) is 5.64. The Morgan fingerprint density at radius 3 is 2.72 bits per heavy atom. The van der Waals surface area contributed by atoms with Crippen molar-refractivity contribution >= 4 is 6.09 Å². The fourth-order valence-corrected chi connectivity index (χ4v) is 2.01. The van der Waals surface area contributed by atoms with Crippen LogP contribution in [0, 0.1) is 0 Å². The average Bonchev–Trinajstić information content (AvgIpc) is 2.13. The summed E-state index contributed by atoms with van der Waals surface area (Å²) in [7, 11) is 0. The van der Waals surface area contributed by atoms with Gasteiger partial charge in [-0.1, -0.05) is 0 Å². The van der Waals surface area contributed by atoms with Crippen molar-refractivity contribution in [3.63, 3.8) is 0 Å². The van der Waals surface area contributed by atoms with E-state index in [9.17, 15) is 13.6 Å². The summed E-state index contributed by atoms with van der Waals surface area (Å²) in [6, 6.07) is -0.104. The average molecular weight is 264 g/mol. The first kappa shape index (κ1) is 15.1. The first-order valence-electron chi connectivity index (χ1n) is 6.26. The Kier molecular flexibility index (Phi) is 5.31. The van der Waals surface area contributed by atoms with Crippen molar-refractivity contribution in [2.45, 2.75) is 51.7 Å². The molecule has 0 aliphatic carbocycles. The maximum Gasteiger partial charge on any atom is 0.407 e. The SMILES string of the molecule is CC(C)(C)OC(=O)NC1CCCN(CC(F)F)C1. The number of nitrogens with one attached hydrogen (secondary N) is 1. The molecule has 1 unspecified atom stereocenters. The zero-order chi connectivity index (χ0) is 13.8. The van der Waals surface area contributed by atoms with Gasteiger partial charge >= 0.3 is 6.09 Å². The Balaban J connectivity index is 2.36. The summed E-state index contributed by atoms with van der Waals surface area (Å²) in [6.07, 6.45) is -1.19. The molecule has 18 heavy (non-hydrogen) atoms. The van der Waals surface area contributed by atoms with E-state index in [0.717, 1.165) is 12.8 Å². The fourth-order valence-electron chi connectivity index (χ4n) is 2.01. The minimum atomic E-state index is -2.33. The number of alkyl carbamates (subject to hydrolysis) is 1. The summed E-state index contributed by atoms with van der Waals surface area (Å²) < 4.78 is 29.7. The normalized spacial score (nSPS) is 22.0. The minimum Gasteiger partial charge on any atom is -0.444 e. The van der Waals surface area contributed by atoms with E-state index in [2.05, 4.69) is 5.32 Å². The van der Waals surface area contributed by atoms with Crippen molar-refractivity contribution in [3.8, 4) is 0 Å². The number of nitrogens with zero attached hydrogens (tertiary/aromatic N) is 1. The summed E-state index contributed by atoms with van der Waals surface area (Å²) in [5.74, 6) is 0. The fraction of sp³-hybridized carbons (Fsp3) is 0.917. The Bertz CT molecular complexity index is 280. The summed E-state index contributed by atoms with van der Waals surface area (Å²) in [5, 5.41) is 2.73.